The van der Waals surface area contributed by atoms with Crippen molar-refractivity contribution >= 4 is 17.1 Å². The SMILES string of the molecule is C=[C]c1cccc2ccccc12.C[C]=O. The molecule has 74 valence electrons. The average Bonchev–Trinajstić information content (AvgIpc) is 2.29. The first-order valence-electron chi connectivity index (χ1n) is 4.63. The van der Waals surface area contributed by atoms with E-state index in [2.05, 4.69) is 30.9 Å². The molecule has 1 heteroatoms. The largest absolute Gasteiger partial charge is 0.291 e. The lowest BCUT2D eigenvalue weighted by Crippen LogP contribution is -1.77. The van der Waals surface area contributed by atoms with E-state index in [9.17, 15) is 0 Å². The average molecular weight is 196 g/mol. The molecular formula is C14H12O. The number of hydrogen-bond acceptors (Lipinski definition) is 1. The van der Waals surface area contributed by atoms with Gasteiger partial charge in [-0.3, -0.25) is 4.79 Å². The smallest absolute Gasteiger partial charge is 0.195 e. The van der Waals surface area contributed by atoms with Gasteiger partial charge in [-0.2, -0.15) is 0 Å². The van der Waals surface area contributed by atoms with E-state index in [1.807, 2.05) is 24.3 Å². The Labute approximate surface area is 90.1 Å². The van der Waals surface area contributed by atoms with Crippen LogP contribution in [0.2, 0.25) is 0 Å². The van der Waals surface area contributed by atoms with Crippen LogP contribution in [0.4, 0.5) is 0 Å². The van der Waals surface area contributed by atoms with E-state index in [-0.39, 0.29) is 0 Å². The standard InChI is InChI=1S/C12H9.C2H3O/c1-2-10-7-5-8-11-6-3-4-9-12(10)11;1-2-3/h3-9H,1H2;1H3. The lowest BCUT2D eigenvalue weighted by molar-refractivity contribution is 0.560. The maximum atomic E-state index is 8.68. The fraction of sp³-hybridized carbons (Fsp3) is 0.0714. The molecule has 2 radical (unpaired) electrons. The van der Waals surface area contributed by atoms with Gasteiger partial charge in [0.05, 0.1) is 0 Å². The molecule has 0 saturated heterocycles. The molecule has 0 N–H and O–H groups in total. The summed E-state index contributed by atoms with van der Waals surface area (Å²) in [5.41, 5.74) is 1.08. The summed E-state index contributed by atoms with van der Waals surface area (Å²) in [6, 6.07) is 14.4. The molecule has 15 heavy (non-hydrogen) atoms. The van der Waals surface area contributed by atoms with Crippen LogP contribution < -0.4 is 0 Å². The van der Waals surface area contributed by atoms with Crippen molar-refractivity contribution in [2.45, 2.75) is 6.92 Å². The van der Waals surface area contributed by atoms with Gasteiger partial charge in [0.1, 0.15) is 0 Å². The zero-order valence-electron chi connectivity index (χ0n) is 8.66. The van der Waals surface area contributed by atoms with Crippen LogP contribution in [0.25, 0.3) is 10.8 Å². The van der Waals surface area contributed by atoms with Gasteiger partial charge in [0.2, 0.25) is 0 Å². The summed E-state index contributed by atoms with van der Waals surface area (Å²) < 4.78 is 0. The van der Waals surface area contributed by atoms with E-state index < -0.39 is 0 Å². The van der Waals surface area contributed by atoms with Crippen LogP contribution in [0, 0.1) is 6.08 Å². The maximum Gasteiger partial charge on any atom is 0.195 e. The third-order valence-corrected chi connectivity index (χ3v) is 1.98. The van der Waals surface area contributed by atoms with Crippen molar-refractivity contribution in [2.24, 2.45) is 0 Å². The number of hydrogen-bond donors (Lipinski definition) is 0. The van der Waals surface area contributed by atoms with E-state index in [1.165, 1.54) is 24.0 Å². The Bertz CT molecular complexity index is 452. The van der Waals surface area contributed by atoms with Gasteiger partial charge in [-0.05, 0) is 22.4 Å². The zero-order chi connectivity index (χ0) is 11.1. The fourth-order valence-corrected chi connectivity index (χ4v) is 1.38. The molecule has 0 aliphatic carbocycles. The van der Waals surface area contributed by atoms with Crippen molar-refractivity contribution in [3.05, 3.63) is 60.7 Å². The van der Waals surface area contributed by atoms with E-state index in [0.717, 1.165) is 5.56 Å². The second-order valence-corrected chi connectivity index (χ2v) is 2.91. The molecule has 2 rings (SSSR count). The first-order valence-corrected chi connectivity index (χ1v) is 4.63. The van der Waals surface area contributed by atoms with E-state index in [1.54, 1.807) is 0 Å². The highest BCUT2D eigenvalue weighted by molar-refractivity contribution is 5.86. The molecule has 0 atom stereocenters. The van der Waals surface area contributed by atoms with Gasteiger partial charge in [-0.1, -0.05) is 49.0 Å². The molecule has 0 bridgehead atoms. The summed E-state index contributed by atoms with van der Waals surface area (Å²) in [5, 5.41) is 2.46. The Morgan fingerprint density at radius 2 is 1.67 bits per heavy atom. The monoisotopic (exact) mass is 196 g/mol. The molecule has 1 nitrogen and oxygen atoms in total. The Kier molecular flexibility index (Phi) is 4.30. The van der Waals surface area contributed by atoms with Gasteiger partial charge in [0.15, 0.2) is 6.29 Å². The zero-order valence-corrected chi connectivity index (χ0v) is 8.66. The van der Waals surface area contributed by atoms with Crippen molar-refractivity contribution in [1.82, 2.24) is 0 Å². The predicted molar refractivity (Wildman–Crippen MR) is 63.3 cm³/mol. The van der Waals surface area contributed by atoms with Crippen LogP contribution in [-0.4, -0.2) is 6.29 Å². The Balaban J connectivity index is 0.000000337. The predicted octanol–water partition coefficient (Wildman–Crippen LogP) is 3.29. The molecule has 0 unspecified atom stereocenters. The second-order valence-electron chi connectivity index (χ2n) is 2.91. The molecule has 0 heterocycles. The van der Waals surface area contributed by atoms with Gasteiger partial charge >= 0.3 is 0 Å². The summed E-state index contributed by atoms with van der Waals surface area (Å²) in [4.78, 5) is 8.68. The molecule has 0 amide bonds. The molecule has 0 spiro atoms. The first-order chi connectivity index (χ1) is 7.33. The minimum Gasteiger partial charge on any atom is -0.291 e. The number of benzene rings is 2. The second kappa shape index (κ2) is 5.76. The molecule has 2 aromatic rings. The van der Waals surface area contributed by atoms with Crippen LogP contribution in [0.5, 0.6) is 0 Å². The molecule has 0 fully saturated rings. The van der Waals surface area contributed by atoms with Crippen molar-refractivity contribution in [3.8, 4) is 0 Å². The van der Waals surface area contributed by atoms with Gasteiger partial charge in [-0.25, -0.2) is 0 Å². The highest BCUT2D eigenvalue weighted by Crippen LogP contribution is 2.17. The summed E-state index contributed by atoms with van der Waals surface area (Å²) in [7, 11) is 0. The van der Waals surface area contributed by atoms with Crippen LogP contribution in [0.3, 0.4) is 0 Å². The van der Waals surface area contributed by atoms with Crippen molar-refractivity contribution < 1.29 is 4.79 Å². The molecule has 0 aliphatic rings. The van der Waals surface area contributed by atoms with Crippen LogP contribution in [-0.2, 0) is 4.79 Å². The Morgan fingerprint density at radius 1 is 1.07 bits per heavy atom. The summed E-state index contributed by atoms with van der Waals surface area (Å²) in [6.45, 7) is 4.98. The minimum atomic E-state index is 1.08. The molecule has 0 saturated carbocycles. The summed E-state index contributed by atoms with van der Waals surface area (Å²) >= 11 is 0. The summed E-state index contributed by atoms with van der Waals surface area (Å²) in [6.07, 6.45) is 4.42. The third kappa shape index (κ3) is 2.78. The van der Waals surface area contributed by atoms with Gasteiger partial charge in [0, 0.05) is 6.92 Å². The van der Waals surface area contributed by atoms with Crippen molar-refractivity contribution in [1.29, 1.82) is 0 Å². The van der Waals surface area contributed by atoms with Gasteiger partial charge in [0.25, 0.3) is 0 Å². The fourth-order valence-electron chi connectivity index (χ4n) is 1.38. The number of fused-ring (bicyclic) bond motifs is 1. The topological polar surface area (TPSA) is 17.1 Å². The maximum absolute atomic E-state index is 8.68. The van der Waals surface area contributed by atoms with Crippen molar-refractivity contribution in [3.63, 3.8) is 0 Å². The normalized spacial score (nSPS) is 8.87. The highest BCUT2D eigenvalue weighted by atomic mass is 16.1. The van der Waals surface area contributed by atoms with E-state index in [0.29, 0.717) is 0 Å². The molecule has 2 aromatic carbocycles. The third-order valence-electron chi connectivity index (χ3n) is 1.98. The first kappa shape index (κ1) is 11.2. The summed E-state index contributed by atoms with van der Waals surface area (Å²) in [5.74, 6) is 0. The molecule has 0 aromatic heterocycles. The quantitative estimate of drug-likeness (QED) is 0.684. The minimum absolute atomic E-state index is 1.08. The van der Waals surface area contributed by atoms with E-state index in [4.69, 9.17) is 4.79 Å². The van der Waals surface area contributed by atoms with Crippen LogP contribution >= 0.6 is 0 Å². The van der Waals surface area contributed by atoms with E-state index >= 15 is 0 Å². The Hall–Kier alpha value is -1.89. The number of rotatable bonds is 1. The molecular weight excluding hydrogens is 184 g/mol. The lowest BCUT2D eigenvalue weighted by Gasteiger charge is -1.99. The Morgan fingerprint density at radius 3 is 2.33 bits per heavy atom. The van der Waals surface area contributed by atoms with Crippen molar-refractivity contribution in [2.75, 3.05) is 0 Å². The number of carbonyl (C=O) groups excluding carboxylic acids is 1. The highest BCUT2D eigenvalue weighted by Gasteiger charge is 1.94. The van der Waals surface area contributed by atoms with Crippen LogP contribution in [0.1, 0.15) is 12.5 Å². The molecule has 0 aliphatic heterocycles. The van der Waals surface area contributed by atoms with Gasteiger partial charge in [-0.15, -0.1) is 0 Å². The van der Waals surface area contributed by atoms with Gasteiger partial charge < -0.3 is 0 Å². The van der Waals surface area contributed by atoms with Crippen LogP contribution in [0.15, 0.2) is 49.0 Å². The lowest BCUT2D eigenvalue weighted by atomic mass is 10.1.